The summed E-state index contributed by atoms with van der Waals surface area (Å²) in [6.07, 6.45) is 3.77. The molecule has 1 aromatic rings. The van der Waals surface area contributed by atoms with Crippen LogP contribution in [0.5, 0.6) is 0 Å². The first-order chi connectivity index (χ1) is 9.13. The highest BCUT2D eigenvalue weighted by atomic mass is 16.3. The largest absolute Gasteiger partial charge is 0.396 e. The number of aliphatic hydroxyl groups excluding tert-OH is 1. The molecule has 19 heavy (non-hydrogen) atoms. The molecule has 1 fully saturated rings. The number of carbonyl (C=O) groups is 1. The summed E-state index contributed by atoms with van der Waals surface area (Å²) in [4.78, 5) is 14.4. The van der Waals surface area contributed by atoms with Crippen LogP contribution in [0.3, 0.4) is 0 Å². The van der Waals surface area contributed by atoms with E-state index < -0.39 is 0 Å². The molecule has 1 aromatic heterocycles. The maximum atomic E-state index is 12.4. The molecule has 2 rings (SSSR count). The maximum Gasteiger partial charge on any atom is 0.274 e. The van der Waals surface area contributed by atoms with E-state index >= 15 is 0 Å². The van der Waals surface area contributed by atoms with Crippen molar-refractivity contribution in [1.29, 1.82) is 0 Å². The number of rotatable bonds is 7. The summed E-state index contributed by atoms with van der Waals surface area (Å²) in [5.74, 6) is 0.362. The zero-order chi connectivity index (χ0) is 13.8. The maximum absolute atomic E-state index is 12.4. The zero-order valence-electron chi connectivity index (χ0n) is 11.7. The Morgan fingerprint density at radius 1 is 1.53 bits per heavy atom. The number of H-pyrrole nitrogens is 1. The lowest BCUT2D eigenvalue weighted by Crippen LogP contribution is -2.34. The van der Waals surface area contributed by atoms with Gasteiger partial charge in [0, 0.05) is 24.9 Å². The predicted molar refractivity (Wildman–Crippen MR) is 73.1 cm³/mol. The average Bonchev–Trinajstić information content (AvgIpc) is 3.09. The number of aromatic amines is 1. The van der Waals surface area contributed by atoms with Crippen molar-refractivity contribution < 1.29 is 9.90 Å². The molecule has 0 unspecified atom stereocenters. The molecule has 0 saturated heterocycles. The number of hydrogen-bond donors (Lipinski definition) is 2. The minimum Gasteiger partial charge on any atom is -0.396 e. The SMILES string of the molecule is CC(C)c1cc(C(=O)N(CCCCO)C2CC2)n[nH]1. The molecule has 1 aliphatic carbocycles. The van der Waals surface area contributed by atoms with E-state index in [2.05, 4.69) is 24.0 Å². The molecular weight excluding hydrogens is 242 g/mol. The van der Waals surface area contributed by atoms with Gasteiger partial charge in [-0.1, -0.05) is 13.8 Å². The van der Waals surface area contributed by atoms with Gasteiger partial charge in [0.2, 0.25) is 0 Å². The number of aromatic nitrogens is 2. The van der Waals surface area contributed by atoms with Gasteiger partial charge in [-0.3, -0.25) is 9.89 Å². The van der Waals surface area contributed by atoms with Gasteiger partial charge in [-0.05, 0) is 37.7 Å². The number of nitrogens with zero attached hydrogens (tertiary/aromatic N) is 2. The van der Waals surface area contributed by atoms with Crippen molar-refractivity contribution in [3.8, 4) is 0 Å². The van der Waals surface area contributed by atoms with Crippen LogP contribution in [0.4, 0.5) is 0 Å². The Morgan fingerprint density at radius 3 is 2.79 bits per heavy atom. The summed E-state index contributed by atoms with van der Waals surface area (Å²) in [5.41, 5.74) is 1.51. The van der Waals surface area contributed by atoms with E-state index in [1.807, 2.05) is 11.0 Å². The Bertz CT molecular complexity index is 424. The van der Waals surface area contributed by atoms with Crippen molar-refractivity contribution in [2.75, 3.05) is 13.2 Å². The molecule has 0 bridgehead atoms. The number of amides is 1. The second kappa shape index (κ2) is 6.19. The van der Waals surface area contributed by atoms with Crippen LogP contribution in [0, 0.1) is 0 Å². The predicted octanol–water partition coefficient (Wildman–Crippen LogP) is 1.91. The smallest absolute Gasteiger partial charge is 0.274 e. The normalized spacial score (nSPS) is 14.9. The van der Waals surface area contributed by atoms with E-state index in [0.717, 1.165) is 31.4 Å². The fourth-order valence-corrected chi connectivity index (χ4v) is 2.12. The van der Waals surface area contributed by atoms with Gasteiger partial charge in [0.25, 0.3) is 5.91 Å². The summed E-state index contributed by atoms with van der Waals surface area (Å²) in [5, 5.41) is 15.9. The van der Waals surface area contributed by atoms with Crippen molar-refractivity contribution in [2.45, 2.75) is 51.5 Å². The molecule has 0 radical (unpaired) electrons. The van der Waals surface area contributed by atoms with Gasteiger partial charge in [0.1, 0.15) is 5.69 Å². The molecule has 1 aliphatic rings. The van der Waals surface area contributed by atoms with Crippen LogP contribution in [0.1, 0.15) is 61.6 Å². The number of carbonyl (C=O) groups excluding carboxylic acids is 1. The van der Waals surface area contributed by atoms with Crippen molar-refractivity contribution in [2.24, 2.45) is 0 Å². The lowest BCUT2D eigenvalue weighted by Gasteiger charge is -2.21. The Labute approximate surface area is 114 Å². The zero-order valence-corrected chi connectivity index (χ0v) is 11.7. The van der Waals surface area contributed by atoms with E-state index in [0.29, 0.717) is 24.2 Å². The first-order valence-corrected chi connectivity index (χ1v) is 7.10. The summed E-state index contributed by atoms with van der Waals surface area (Å²) in [6.45, 7) is 5.05. The van der Waals surface area contributed by atoms with Crippen LogP contribution in [-0.4, -0.2) is 45.3 Å². The van der Waals surface area contributed by atoms with Gasteiger partial charge in [-0.25, -0.2) is 0 Å². The topological polar surface area (TPSA) is 69.2 Å². The van der Waals surface area contributed by atoms with Gasteiger partial charge in [-0.15, -0.1) is 0 Å². The fraction of sp³-hybridized carbons (Fsp3) is 0.714. The third-order valence-electron chi connectivity index (χ3n) is 3.49. The van der Waals surface area contributed by atoms with Crippen molar-refractivity contribution in [3.63, 3.8) is 0 Å². The Kier molecular flexibility index (Phi) is 4.58. The number of nitrogens with one attached hydrogen (secondary N) is 1. The second-order valence-electron chi connectivity index (χ2n) is 5.52. The first kappa shape index (κ1) is 14.1. The standard InChI is InChI=1S/C14H23N3O2/c1-10(2)12-9-13(16-15-12)14(19)17(11-5-6-11)7-3-4-8-18/h9-11,18H,3-8H2,1-2H3,(H,15,16). The lowest BCUT2D eigenvalue weighted by atomic mass is 10.1. The van der Waals surface area contributed by atoms with Gasteiger partial charge in [0.05, 0.1) is 0 Å². The van der Waals surface area contributed by atoms with Crippen molar-refractivity contribution in [1.82, 2.24) is 15.1 Å². The van der Waals surface area contributed by atoms with E-state index in [1.165, 1.54) is 0 Å². The third-order valence-corrected chi connectivity index (χ3v) is 3.49. The van der Waals surface area contributed by atoms with Crippen LogP contribution in [0.25, 0.3) is 0 Å². The summed E-state index contributed by atoms with van der Waals surface area (Å²) >= 11 is 0. The van der Waals surface area contributed by atoms with Crippen LogP contribution >= 0.6 is 0 Å². The van der Waals surface area contributed by atoms with Gasteiger partial charge < -0.3 is 10.0 Å². The molecule has 0 atom stereocenters. The highest BCUT2D eigenvalue weighted by Gasteiger charge is 2.33. The summed E-state index contributed by atoms with van der Waals surface area (Å²) in [7, 11) is 0. The molecule has 2 N–H and O–H groups in total. The molecule has 1 saturated carbocycles. The van der Waals surface area contributed by atoms with Crippen LogP contribution in [0.15, 0.2) is 6.07 Å². The average molecular weight is 265 g/mol. The second-order valence-corrected chi connectivity index (χ2v) is 5.52. The fourth-order valence-electron chi connectivity index (χ4n) is 2.12. The Hall–Kier alpha value is -1.36. The molecule has 106 valence electrons. The summed E-state index contributed by atoms with van der Waals surface area (Å²) in [6, 6.07) is 2.24. The van der Waals surface area contributed by atoms with E-state index in [9.17, 15) is 4.79 Å². The van der Waals surface area contributed by atoms with E-state index in [4.69, 9.17) is 5.11 Å². The van der Waals surface area contributed by atoms with E-state index in [-0.39, 0.29) is 12.5 Å². The number of aliphatic hydroxyl groups is 1. The number of unbranched alkanes of at least 4 members (excludes halogenated alkanes) is 1. The molecule has 5 heteroatoms. The van der Waals surface area contributed by atoms with Crippen LogP contribution < -0.4 is 0 Å². The monoisotopic (exact) mass is 265 g/mol. The third kappa shape index (κ3) is 3.56. The van der Waals surface area contributed by atoms with Gasteiger partial charge in [0.15, 0.2) is 0 Å². The minimum absolute atomic E-state index is 0.0172. The van der Waals surface area contributed by atoms with E-state index in [1.54, 1.807) is 0 Å². The first-order valence-electron chi connectivity index (χ1n) is 7.10. The molecular formula is C14H23N3O2. The molecule has 0 aromatic carbocycles. The minimum atomic E-state index is 0.0172. The van der Waals surface area contributed by atoms with Gasteiger partial charge >= 0.3 is 0 Å². The van der Waals surface area contributed by atoms with Crippen molar-refractivity contribution in [3.05, 3.63) is 17.5 Å². The summed E-state index contributed by atoms with van der Waals surface area (Å²) < 4.78 is 0. The highest BCUT2D eigenvalue weighted by molar-refractivity contribution is 5.92. The molecule has 0 aliphatic heterocycles. The highest BCUT2D eigenvalue weighted by Crippen LogP contribution is 2.28. The van der Waals surface area contributed by atoms with Crippen LogP contribution in [-0.2, 0) is 0 Å². The molecule has 1 heterocycles. The molecule has 0 spiro atoms. The molecule has 5 nitrogen and oxygen atoms in total. The Balaban J connectivity index is 2.01. The van der Waals surface area contributed by atoms with Gasteiger partial charge in [-0.2, -0.15) is 5.10 Å². The van der Waals surface area contributed by atoms with Crippen molar-refractivity contribution >= 4 is 5.91 Å². The quantitative estimate of drug-likeness (QED) is 0.740. The molecule has 1 amide bonds. The Morgan fingerprint density at radius 2 is 2.26 bits per heavy atom. The number of hydrogen-bond acceptors (Lipinski definition) is 3. The van der Waals surface area contributed by atoms with Crippen LogP contribution in [0.2, 0.25) is 0 Å². The lowest BCUT2D eigenvalue weighted by molar-refractivity contribution is 0.0731.